The van der Waals surface area contributed by atoms with Gasteiger partial charge in [-0.25, -0.2) is 10.1 Å². The molecule has 2 aromatic carbocycles. The molecule has 0 aromatic heterocycles. The van der Waals surface area contributed by atoms with E-state index in [9.17, 15) is 10.1 Å². The molecule has 0 atom stereocenters. The maximum Gasteiger partial charge on any atom is 0.162 e. The number of benzene rings is 2. The van der Waals surface area contributed by atoms with Crippen LogP contribution in [0.3, 0.4) is 0 Å². The van der Waals surface area contributed by atoms with Gasteiger partial charge < -0.3 is 5.73 Å². The quantitative estimate of drug-likeness (QED) is 0.511. The molecule has 0 bridgehead atoms. The molecule has 0 radical (unpaired) electrons. The molecule has 0 fully saturated rings. The summed E-state index contributed by atoms with van der Waals surface area (Å²) in [4.78, 5) is 10.6. The molecule has 2 rings (SSSR count). The molecule has 0 aliphatic carbocycles. The first-order chi connectivity index (χ1) is 9.79. The van der Waals surface area contributed by atoms with Gasteiger partial charge in [-0.1, -0.05) is 0 Å². The van der Waals surface area contributed by atoms with E-state index in [1.54, 1.807) is 0 Å². The van der Waals surface area contributed by atoms with Crippen molar-refractivity contribution in [2.75, 3.05) is 11.2 Å². The number of hydrogen-bond donors (Lipinski definition) is 2. The van der Waals surface area contributed by atoms with Crippen LogP contribution in [0.5, 0.6) is 0 Å². The predicted octanol–water partition coefficient (Wildman–Crippen LogP) is 3.77. The summed E-state index contributed by atoms with van der Waals surface area (Å²) in [6.45, 7) is 7.68. The molecule has 0 saturated carbocycles. The Labute approximate surface area is 123 Å². The normalized spacial score (nSPS) is 10.5. The summed E-state index contributed by atoms with van der Waals surface area (Å²) in [6.07, 6.45) is 0. The summed E-state index contributed by atoms with van der Waals surface area (Å²) in [5, 5.41) is 10.1. The van der Waals surface area contributed by atoms with Crippen LogP contribution in [0.15, 0.2) is 24.3 Å². The van der Waals surface area contributed by atoms with Gasteiger partial charge in [0.1, 0.15) is 5.69 Å². The molecule has 0 heterocycles. The fourth-order valence-electron chi connectivity index (χ4n) is 2.54. The van der Waals surface area contributed by atoms with Gasteiger partial charge in [-0.2, -0.15) is 0 Å². The van der Waals surface area contributed by atoms with Crippen LogP contribution >= 0.6 is 0 Å². The lowest BCUT2D eigenvalue weighted by atomic mass is 9.95. The molecule has 5 nitrogen and oxygen atoms in total. The second-order valence-electron chi connectivity index (χ2n) is 5.38. The molecule has 0 unspecified atom stereocenters. The fourth-order valence-corrected chi connectivity index (χ4v) is 2.54. The number of hydrazine groups is 1. The lowest BCUT2D eigenvalue weighted by molar-refractivity contribution is -0.445. The van der Waals surface area contributed by atoms with Crippen molar-refractivity contribution in [1.82, 2.24) is 0 Å². The Balaban J connectivity index is 2.54. The summed E-state index contributed by atoms with van der Waals surface area (Å²) in [7, 11) is 0. The molecule has 110 valence electrons. The maximum atomic E-state index is 10.6. The van der Waals surface area contributed by atoms with Gasteiger partial charge in [0.15, 0.2) is 5.03 Å². The highest BCUT2D eigenvalue weighted by Gasteiger charge is 2.11. The van der Waals surface area contributed by atoms with Crippen LogP contribution in [-0.2, 0) is 0 Å². The van der Waals surface area contributed by atoms with Crippen LogP contribution in [-0.4, -0.2) is 5.03 Å². The van der Waals surface area contributed by atoms with E-state index < -0.39 is 5.03 Å². The van der Waals surface area contributed by atoms with Crippen molar-refractivity contribution in [3.63, 3.8) is 0 Å². The number of nitro groups is 1. The van der Waals surface area contributed by atoms with E-state index in [1.807, 2.05) is 52.0 Å². The second kappa shape index (κ2) is 5.44. The van der Waals surface area contributed by atoms with Crippen molar-refractivity contribution >= 4 is 11.4 Å². The fraction of sp³-hybridized carbons (Fsp3) is 0.250. The third-order valence-electron chi connectivity index (χ3n) is 3.66. The predicted molar refractivity (Wildman–Crippen MR) is 85.9 cm³/mol. The zero-order chi connectivity index (χ0) is 15.7. The first-order valence-corrected chi connectivity index (χ1v) is 6.69. The maximum absolute atomic E-state index is 10.6. The average Bonchev–Trinajstić information content (AvgIpc) is 2.39. The Hall–Kier alpha value is -2.56. The summed E-state index contributed by atoms with van der Waals surface area (Å²) in [5.41, 5.74) is 15.4. The smallest absolute Gasteiger partial charge is 0.162 e. The molecule has 21 heavy (non-hydrogen) atoms. The van der Waals surface area contributed by atoms with Crippen LogP contribution in [0.4, 0.5) is 11.4 Å². The first kappa shape index (κ1) is 14.8. The highest BCUT2D eigenvalue weighted by atomic mass is 16.7. The third kappa shape index (κ3) is 2.97. The molecule has 0 aliphatic rings. The largest absolute Gasteiger partial charge is 0.398 e. The number of aryl methyl sites for hydroxylation is 4. The van der Waals surface area contributed by atoms with E-state index in [0.717, 1.165) is 39.1 Å². The van der Waals surface area contributed by atoms with Gasteiger partial charge in [-0.05, 0) is 85.3 Å². The number of nitrogens with two attached hydrogens (primary N) is 1. The zero-order valence-electron chi connectivity index (χ0n) is 12.7. The zero-order valence-corrected chi connectivity index (χ0v) is 12.7. The standard InChI is InChI=1S/C16H19N3O2/c1-9-5-13(6-10(2)15(9)17)14-7-11(3)16(12(4)8-14)18-19(20)21/h5-8,18H,17H2,1-4H3. The summed E-state index contributed by atoms with van der Waals surface area (Å²) < 4.78 is 0. The van der Waals surface area contributed by atoms with Crippen LogP contribution < -0.4 is 11.2 Å². The van der Waals surface area contributed by atoms with Crippen LogP contribution in [0.25, 0.3) is 11.1 Å². The van der Waals surface area contributed by atoms with Crippen molar-refractivity contribution in [3.8, 4) is 11.1 Å². The van der Waals surface area contributed by atoms with Gasteiger partial charge in [0.25, 0.3) is 0 Å². The molecule has 0 amide bonds. The second-order valence-corrected chi connectivity index (χ2v) is 5.38. The molecular formula is C16H19N3O2. The van der Waals surface area contributed by atoms with Crippen LogP contribution in [0, 0.1) is 37.8 Å². The Morgan fingerprint density at radius 1 is 0.905 bits per heavy atom. The lowest BCUT2D eigenvalue weighted by Crippen LogP contribution is -2.10. The molecule has 3 N–H and O–H groups in total. The monoisotopic (exact) mass is 285 g/mol. The number of anilines is 2. The Morgan fingerprint density at radius 2 is 1.29 bits per heavy atom. The number of nitrogens with zero attached hydrogens (tertiary/aromatic N) is 1. The van der Waals surface area contributed by atoms with Gasteiger partial charge in [0, 0.05) is 5.69 Å². The molecule has 0 saturated heterocycles. The van der Waals surface area contributed by atoms with Crippen LogP contribution in [0.2, 0.25) is 0 Å². The molecule has 5 heteroatoms. The SMILES string of the molecule is Cc1cc(-c2cc(C)c(N[N+](=O)[O-])c(C)c2)cc(C)c1N. The van der Waals surface area contributed by atoms with Gasteiger partial charge in [-0.3, -0.25) is 0 Å². The van der Waals surface area contributed by atoms with Crippen molar-refractivity contribution < 1.29 is 5.03 Å². The minimum atomic E-state index is -0.535. The van der Waals surface area contributed by atoms with Gasteiger partial charge in [0.2, 0.25) is 0 Å². The minimum absolute atomic E-state index is 0.535. The van der Waals surface area contributed by atoms with Gasteiger partial charge in [-0.15, -0.1) is 5.43 Å². The number of nitrogens with one attached hydrogen (secondary N) is 1. The van der Waals surface area contributed by atoms with E-state index in [2.05, 4.69) is 5.43 Å². The summed E-state index contributed by atoms with van der Waals surface area (Å²) in [6, 6.07) is 7.97. The van der Waals surface area contributed by atoms with E-state index in [4.69, 9.17) is 5.73 Å². The summed E-state index contributed by atoms with van der Waals surface area (Å²) >= 11 is 0. The molecule has 0 aliphatic heterocycles. The Kier molecular flexibility index (Phi) is 3.84. The highest BCUT2D eigenvalue weighted by molar-refractivity contribution is 5.74. The molecule has 0 spiro atoms. The number of rotatable bonds is 3. The topological polar surface area (TPSA) is 81.2 Å². The highest BCUT2D eigenvalue weighted by Crippen LogP contribution is 2.31. The first-order valence-electron chi connectivity index (χ1n) is 6.69. The Morgan fingerprint density at radius 3 is 1.67 bits per heavy atom. The van der Waals surface area contributed by atoms with Crippen molar-refractivity contribution in [2.45, 2.75) is 27.7 Å². The Bertz CT molecular complexity index is 677. The van der Waals surface area contributed by atoms with Crippen LogP contribution in [0.1, 0.15) is 22.3 Å². The average molecular weight is 285 g/mol. The van der Waals surface area contributed by atoms with Gasteiger partial charge in [0.05, 0.1) is 0 Å². The number of hydrogen-bond acceptors (Lipinski definition) is 3. The van der Waals surface area contributed by atoms with E-state index in [1.165, 1.54) is 0 Å². The minimum Gasteiger partial charge on any atom is -0.398 e. The van der Waals surface area contributed by atoms with E-state index >= 15 is 0 Å². The summed E-state index contributed by atoms with van der Waals surface area (Å²) in [5.74, 6) is 0. The van der Waals surface area contributed by atoms with E-state index in [0.29, 0.717) is 5.69 Å². The molecular weight excluding hydrogens is 266 g/mol. The lowest BCUT2D eigenvalue weighted by Gasteiger charge is -2.13. The number of nitrogen functional groups attached to an aromatic ring is 1. The van der Waals surface area contributed by atoms with Crippen molar-refractivity contribution in [1.29, 1.82) is 0 Å². The third-order valence-corrected chi connectivity index (χ3v) is 3.66. The van der Waals surface area contributed by atoms with Crippen molar-refractivity contribution in [2.24, 2.45) is 0 Å². The van der Waals surface area contributed by atoms with E-state index in [-0.39, 0.29) is 0 Å². The van der Waals surface area contributed by atoms with Gasteiger partial charge >= 0.3 is 0 Å². The van der Waals surface area contributed by atoms with Crippen molar-refractivity contribution in [3.05, 3.63) is 56.6 Å². The molecule has 2 aromatic rings.